The van der Waals surface area contributed by atoms with E-state index in [1.165, 1.54) is 287 Å². The molecule has 0 saturated heterocycles. The van der Waals surface area contributed by atoms with Gasteiger partial charge in [-0.1, -0.05) is 488 Å². The maximum absolute atomic E-state index is 5.10. The maximum atomic E-state index is 5.10. The van der Waals surface area contributed by atoms with Gasteiger partial charge in [0, 0.05) is 0 Å². The van der Waals surface area contributed by atoms with E-state index in [1.807, 2.05) is 18.2 Å². The first-order chi connectivity index (χ1) is 51.7. The lowest BCUT2D eigenvalue weighted by atomic mass is 9.60. The Morgan fingerprint density at radius 2 is 0.759 bits per heavy atom. The van der Waals surface area contributed by atoms with Crippen molar-refractivity contribution < 1.29 is 4.74 Å². The predicted molar refractivity (Wildman–Crippen MR) is 517 cm³/mol. The van der Waals surface area contributed by atoms with Crippen LogP contribution in [-0.4, -0.2) is 7.11 Å². The van der Waals surface area contributed by atoms with Crippen molar-refractivity contribution in [3.8, 4) is 5.75 Å². The molecular weight excluding hydrogens is 1350 g/mol. The average molecular weight is 1560 g/mol. The molecule has 2 bridgehead atoms. The molecule has 5 atom stereocenters. The first-order valence-corrected chi connectivity index (χ1v) is 48.6. The van der Waals surface area contributed by atoms with E-state index in [2.05, 4.69) is 291 Å². The van der Waals surface area contributed by atoms with Gasteiger partial charge < -0.3 is 4.74 Å². The standard InChI is InChI=1S/C17H32.C16H34.C15H30.C14H26.C14H30.C12H18O.C12H26.C11H16/c1-13(12-16(3,4)5)8-10-15-11-9-14(2)17(15,6)7;1-5-6-7-8-9-10-11-12-13-14-15-16(2,3)4;1-5-6-7-8-9-10-11-12-13-14-15(2,3)4;1-12(2,3)11-9-10-7-8-14(11,6)13(10,4)5;1-5-6-7-8-9-10-11-12-13-14(2,3)4;1-12(2,3)9-10-5-7-11(13-4)8-6-10;1-5-6-7-8-9-10-11-12(2,3)4;1-11(2,3)9-10-7-5-4-6-8-10/h9,13,15H,8,10-12H2,1-7H3;5-15H2,1-4H3;5H,1,6-14H2,2-4H3;10-11H,7-9H2,1-6H3;5-13H2,1-4H3;5-8H,9H2,1-4H3;5-11H2,1-4H3;4-8H,9H2,1-3H3. The van der Waals surface area contributed by atoms with Crippen LogP contribution in [-0.2, 0) is 12.8 Å². The van der Waals surface area contributed by atoms with Crippen LogP contribution in [0.2, 0.25) is 0 Å². The van der Waals surface area contributed by atoms with E-state index in [4.69, 9.17) is 4.74 Å². The third-order valence-corrected chi connectivity index (χ3v) is 25.2. The largest absolute Gasteiger partial charge is 0.497 e. The Hall–Kier alpha value is -2.28. The van der Waals surface area contributed by atoms with Crippen LogP contribution in [0.1, 0.15) is 523 Å². The number of methoxy groups -OCH3 is 1. The molecule has 0 radical (unpaired) electrons. The first kappa shape index (κ1) is 114. The van der Waals surface area contributed by atoms with Crippen molar-refractivity contribution in [1.82, 2.24) is 0 Å². The van der Waals surface area contributed by atoms with Crippen LogP contribution >= 0.6 is 0 Å². The molecule has 0 spiro atoms. The number of fused-ring (bicyclic) bond motifs is 2. The summed E-state index contributed by atoms with van der Waals surface area (Å²) in [6.45, 7) is 83.7. The number of benzene rings is 2. The highest BCUT2D eigenvalue weighted by Gasteiger charge is 2.63. The van der Waals surface area contributed by atoms with E-state index in [-0.39, 0.29) is 0 Å². The van der Waals surface area contributed by atoms with Gasteiger partial charge in [0.05, 0.1) is 7.11 Å². The molecule has 1 heteroatoms. The molecule has 2 aromatic rings. The number of rotatable bonds is 40. The lowest BCUT2D eigenvalue weighted by Gasteiger charge is -2.45. The second kappa shape index (κ2) is 60.2. The van der Waals surface area contributed by atoms with E-state index < -0.39 is 0 Å². The molecule has 0 amide bonds. The zero-order chi connectivity index (χ0) is 86.4. The number of hydrogen-bond acceptors (Lipinski definition) is 1. The van der Waals surface area contributed by atoms with E-state index in [1.54, 1.807) is 12.7 Å². The fourth-order valence-corrected chi connectivity index (χ4v) is 17.6. The van der Waals surface area contributed by atoms with Crippen molar-refractivity contribution in [2.24, 2.45) is 83.2 Å². The van der Waals surface area contributed by atoms with E-state index in [0.29, 0.717) is 59.6 Å². The fraction of sp³-hybridized carbons (Fsp3) is 0.856. The summed E-state index contributed by atoms with van der Waals surface area (Å²) in [5.74, 6) is 4.61. The van der Waals surface area contributed by atoms with Crippen LogP contribution in [0.3, 0.4) is 0 Å². The molecule has 0 aliphatic heterocycles. The highest BCUT2D eigenvalue weighted by molar-refractivity contribution is 5.27. The number of hydrogen-bond donors (Lipinski definition) is 0. The van der Waals surface area contributed by atoms with Gasteiger partial charge in [-0.15, -0.1) is 6.58 Å². The predicted octanol–water partition coefficient (Wildman–Crippen LogP) is 39.3. The van der Waals surface area contributed by atoms with Crippen molar-refractivity contribution >= 4 is 0 Å². The minimum absolute atomic E-state index is 0.356. The minimum atomic E-state index is 0.356. The molecule has 0 heterocycles. The Labute approximate surface area is 710 Å². The molecule has 5 rings (SSSR count). The van der Waals surface area contributed by atoms with Gasteiger partial charge in [-0.05, 0) is 203 Å². The Morgan fingerprint density at radius 3 is 1.01 bits per heavy atom. The minimum Gasteiger partial charge on any atom is -0.497 e. The summed E-state index contributed by atoms with van der Waals surface area (Å²) in [4.78, 5) is 0. The molecule has 2 fully saturated rings. The Morgan fingerprint density at radius 1 is 0.429 bits per heavy atom. The maximum Gasteiger partial charge on any atom is 0.118 e. The zero-order valence-electron chi connectivity index (χ0n) is 84.1. The highest BCUT2D eigenvalue weighted by atomic mass is 16.5. The summed E-state index contributed by atoms with van der Waals surface area (Å²) in [5.41, 5.74) is 9.95. The molecule has 662 valence electrons. The third kappa shape index (κ3) is 65.6. The van der Waals surface area contributed by atoms with Crippen molar-refractivity contribution in [3.05, 3.63) is 90.0 Å². The Balaban J connectivity index is -0.00000122. The molecule has 0 aromatic heterocycles. The summed E-state index contributed by atoms with van der Waals surface area (Å²) in [5, 5.41) is 0. The second-order valence-electron chi connectivity index (χ2n) is 47.5. The topological polar surface area (TPSA) is 9.23 Å². The van der Waals surface area contributed by atoms with Crippen LogP contribution in [0.5, 0.6) is 5.75 Å². The van der Waals surface area contributed by atoms with Gasteiger partial charge in [-0.25, -0.2) is 0 Å². The first-order valence-electron chi connectivity index (χ1n) is 48.6. The molecule has 0 N–H and O–H groups in total. The van der Waals surface area contributed by atoms with Gasteiger partial charge in [-0.3, -0.25) is 0 Å². The molecule has 5 unspecified atom stereocenters. The van der Waals surface area contributed by atoms with Gasteiger partial charge in [0.15, 0.2) is 0 Å². The second-order valence-corrected chi connectivity index (χ2v) is 47.5. The number of allylic oxidation sites excluding steroid dienone is 3. The van der Waals surface area contributed by atoms with Crippen molar-refractivity contribution in [2.45, 2.75) is 524 Å². The van der Waals surface area contributed by atoms with Gasteiger partial charge in [0.1, 0.15) is 5.75 Å². The smallest absolute Gasteiger partial charge is 0.118 e. The molecule has 3 aliphatic carbocycles. The normalized spacial score (nSPS) is 18.2. The summed E-state index contributed by atoms with van der Waals surface area (Å²) in [6, 6.07) is 18.9. The van der Waals surface area contributed by atoms with E-state index in [9.17, 15) is 0 Å². The monoisotopic (exact) mass is 1560 g/mol. The summed E-state index contributed by atoms with van der Waals surface area (Å²) < 4.78 is 5.10. The Bertz CT molecular complexity index is 2470. The van der Waals surface area contributed by atoms with Crippen molar-refractivity contribution in [3.63, 3.8) is 0 Å². The highest BCUT2D eigenvalue weighted by Crippen LogP contribution is 2.71. The summed E-state index contributed by atoms with van der Waals surface area (Å²) >= 11 is 0. The van der Waals surface area contributed by atoms with Gasteiger partial charge in [0.25, 0.3) is 0 Å². The van der Waals surface area contributed by atoms with Gasteiger partial charge in [-0.2, -0.15) is 0 Å². The third-order valence-electron chi connectivity index (χ3n) is 25.2. The van der Waals surface area contributed by atoms with Crippen molar-refractivity contribution in [2.75, 3.05) is 7.11 Å². The summed E-state index contributed by atoms with van der Waals surface area (Å²) in [6.07, 6.45) is 67.8. The average Bonchev–Trinajstić information content (AvgIpc) is 1.55. The zero-order valence-corrected chi connectivity index (χ0v) is 84.1. The lowest BCUT2D eigenvalue weighted by molar-refractivity contribution is 0.0358. The van der Waals surface area contributed by atoms with E-state index >= 15 is 0 Å². The number of unbranched alkanes of at least 4 members (excludes halogenated alkanes) is 28. The molecule has 112 heavy (non-hydrogen) atoms. The molecule has 2 saturated carbocycles. The van der Waals surface area contributed by atoms with Crippen molar-refractivity contribution in [1.29, 1.82) is 0 Å². The van der Waals surface area contributed by atoms with Gasteiger partial charge in [0.2, 0.25) is 0 Å². The van der Waals surface area contributed by atoms with E-state index in [0.717, 1.165) is 42.3 Å². The van der Waals surface area contributed by atoms with Crippen LogP contribution in [0.15, 0.2) is 78.9 Å². The summed E-state index contributed by atoms with van der Waals surface area (Å²) in [7, 11) is 1.69. The molecular formula is C111H212O. The molecule has 3 aliphatic rings. The van der Waals surface area contributed by atoms with Gasteiger partial charge >= 0.3 is 0 Å². The quantitative estimate of drug-likeness (QED) is 0.0477. The SMILES string of the molecule is C=CCCCCCCCCCC(C)(C)C.CC(C)(C)C1CC2CCC1(C)C2(C)C.CC(C)(C)Cc1ccccc1.CC1=CCC(CCC(C)CC(C)(C)C)C1(C)C.CCCCCCCCC(C)(C)C.CCCCCCCCCCC(C)(C)C.CCCCCCCCCCCCC(C)(C)C.COc1ccc(CC(C)(C)C)cc1. The molecule has 2 aromatic carbocycles. The fourth-order valence-electron chi connectivity index (χ4n) is 17.6. The van der Waals surface area contributed by atoms with Crippen LogP contribution in [0, 0.1) is 83.2 Å². The molecule has 1 nitrogen and oxygen atoms in total. The van der Waals surface area contributed by atoms with Crippen LogP contribution in [0.25, 0.3) is 0 Å². The number of ether oxygens (including phenoxy) is 1. The lowest BCUT2D eigenvalue weighted by Crippen LogP contribution is -2.38. The van der Waals surface area contributed by atoms with Crippen LogP contribution < -0.4 is 4.74 Å². The Kier molecular flexibility index (Phi) is 61.2. The van der Waals surface area contributed by atoms with Crippen LogP contribution in [0.4, 0.5) is 0 Å².